The average Bonchev–Trinajstić information content (AvgIpc) is 3.78. The highest BCUT2D eigenvalue weighted by Crippen LogP contribution is 2.57. The smallest absolute Gasteiger partial charge is 0.297 e. The van der Waals surface area contributed by atoms with Crippen LogP contribution in [0, 0.1) is 6.92 Å². The molecule has 0 amide bonds. The lowest BCUT2D eigenvalue weighted by Gasteiger charge is -2.48. The number of fused-ring (bicyclic) bond motifs is 9. The molecule has 3 aliphatic carbocycles. The molecule has 0 atom stereocenters. The highest BCUT2D eigenvalue weighted by molar-refractivity contribution is 7.00. The number of benzene rings is 6. The van der Waals surface area contributed by atoms with E-state index < -0.39 is 0 Å². The summed E-state index contributed by atoms with van der Waals surface area (Å²) in [7, 11) is 0. The molecule has 0 bridgehead atoms. The number of hydrogen-bond acceptors (Lipinski definition) is 3. The molecule has 75 heavy (non-hydrogen) atoms. The van der Waals surface area contributed by atoms with Crippen molar-refractivity contribution in [3.63, 3.8) is 0 Å². The molecule has 0 spiro atoms. The van der Waals surface area contributed by atoms with Gasteiger partial charge in [0.05, 0.1) is 17.0 Å². The maximum atomic E-state index is 7.68. The van der Waals surface area contributed by atoms with Crippen LogP contribution in [0.5, 0.6) is 0 Å². The summed E-state index contributed by atoms with van der Waals surface area (Å²) >= 11 is 0. The molecule has 6 aromatic carbocycles. The Morgan fingerprint density at radius 2 is 0.893 bits per heavy atom. The molecule has 1 aromatic heterocycles. The Balaban J connectivity index is 1.28. The second-order valence-corrected chi connectivity index (χ2v) is 30.3. The molecule has 388 valence electrons. The van der Waals surface area contributed by atoms with Crippen molar-refractivity contribution in [2.75, 3.05) is 9.80 Å². The number of rotatable bonds is 3. The van der Waals surface area contributed by atoms with Crippen molar-refractivity contribution in [3.05, 3.63) is 147 Å². The molecule has 12 rings (SSSR count). The van der Waals surface area contributed by atoms with Gasteiger partial charge in [0.2, 0.25) is 0 Å². The maximum absolute atomic E-state index is 7.68. The fraction of sp³-hybridized carbons (Fsp3) is 0.465. The Labute approximate surface area is 452 Å². The minimum Gasteiger partial charge on any atom is -0.468 e. The molecule has 5 aliphatic rings. The fourth-order valence-corrected chi connectivity index (χ4v) is 14.5. The monoisotopic (exact) mass is 993 g/mol. The van der Waals surface area contributed by atoms with E-state index in [0.29, 0.717) is 0 Å². The zero-order valence-corrected chi connectivity index (χ0v) is 49.4. The van der Waals surface area contributed by atoms with Crippen molar-refractivity contribution in [2.45, 2.75) is 213 Å². The zero-order valence-electron chi connectivity index (χ0n) is 49.4. The Morgan fingerprint density at radius 3 is 1.41 bits per heavy atom. The largest absolute Gasteiger partial charge is 0.468 e. The number of nitrogens with zero attached hydrogens (tertiary/aromatic N) is 2. The van der Waals surface area contributed by atoms with E-state index in [0.717, 1.165) is 43.3 Å². The highest BCUT2D eigenvalue weighted by Gasteiger charge is 2.51. The Hall–Kier alpha value is -5.48. The summed E-state index contributed by atoms with van der Waals surface area (Å²) in [6.45, 7) is 46.3. The van der Waals surface area contributed by atoms with Crippen molar-refractivity contribution in [1.82, 2.24) is 0 Å². The standard InChI is InChI=1S/C71H85BN2O/c1-42-33-48-51(69(14,15)30-27-66(48,8)9)39-55(42)74-59-36-45(65(5,6)7)35-58-61(59)72(63-62(74)47-34-44(64(2,3)4)25-26-60(47)75-63)54-38-50-53(71(18,19)32-29-68(50,12)13)41-57(54)73(58)56-40-52-49(67(10,11)28-31-70(52,16)17)37-46(56)43-23-21-20-22-24-43/h20-26,33-41H,27-32H2,1-19H3. The first-order valence-corrected chi connectivity index (χ1v) is 28.8. The van der Waals surface area contributed by atoms with Crippen LogP contribution < -0.4 is 26.4 Å². The Kier molecular flexibility index (Phi) is 10.6. The fourth-order valence-electron chi connectivity index (χ4n) is 14.5. The normalized spacial score (nSPS) is 20.2. The molecular weight excluding hydrogens is 908 g/mol. The summed E-state index contributed by atoms with van der Waals surface area (Å²) in [5.74, 6) is 0. The quantitative estimate of drug-likeness (QED) is 0.165. The van der Waals surface area contributed by atoms with Crippen LogP contribution in [0.4, 0.5) is 34.1 Å². The van der Waals surface area contributed by atoms with Crippen LogP contribution in [0.15, 0.2) is 101 Å². The van der Waals surface area contributed by atoms with Crippen LogP contribution in [0.3, 0.4) is 0 Å². The van der Waals surface area contributed by atoms with Gasteiger partial charge in [0.1, 0.15) is 5.58 Å². The molecule has 0 N–H and O–H groups in total. The van der Waals surface area contributed by atoms with Crippen LogP contribution in [0.1, 0.15) is 213 Å². The van der Waals surface area contributed by atoms with Crippen molar-refractivity contribution in [2.24, 2.45) is 0 Å². The molecule has 7 aromatic rings. The topological polar surface area (TPSA) is 19.6 Å². The third-order valence-electron chi connectivity index (χ3n) is 20.1. The van der Waals surface area contributed by atoms with Gasteiger partial charge in [-0.25, -0.2) is 0 Å². The van der Waals surface area contributed by atoms with Gasteiger partial charge in [-0.2, -0.15) is 0 Å². The van der Waals surface area contributed by atoms with Gasteiger partial charge in [-0.15, -0.1) is 0 Å². The van der Waals surface area contributed by atoms with Gasteiger partial charge in [0.15, 0.2) is 0 Å². The molecule has 3 heterocycles. The van der Waals surface area contributed by atoms with E-state index in [1.165, 1.54) is 118 Å². The number of hydrogen-bond donors (Lipinski definition) is 0. The van der Waals surface area contributed by atoms with E-state index in [1.54, 1.807) is 0 Å². The minimum atomic E-state index is -0.167. The van der Waals surface area contributed by atoms with E-state index in [1.807, 2.05) is 0 Å². The molecule has 0 fully saturated rings. The van der Waals surface area contributed by atoms with E-state index in [2.05, 4.69) is 238 Å². The summed E-state index contributed by atoms with van der Waals surface area (Å²) in [5.41, 5.74) is 27.5. The maximum Gasteiger partial charge on any atom is 0.297 e. The lowest BCUT2D eigenvalue weighted by Crippen LogP contribution is -2.61. The van der Waals surface area contributed by atoms with Gasteiger partial charge < -0.3 is 14.2 Å². The van der Waals surface area contributed by atoms with Crippen LogP contribution in [0.2, 0.25) is 0 Å². The van der Waals surface area contributed by atoms with Gasteiger partial charge in [-0.3, -0.25) is 0 Å². The van der Waals surface area contributed by atoms with Gasteiger partial charge in [0.25, 0.3) is 6.71 Å². The molecule has 0 saturated heterocycles. The van der Waals surface area contributed by atoms with Gasteiger partial charge in [-0.05, 0) is 204 Å². The SMILES string of the molecule is Cc1cc2c(cc1N1c3cc(C(C)(C)C)cc4c3B(c3cc5c(cc3N4c3cc4c(cc3-c3ccccc3)C(C)(C)CCC4(C)C)C(C)(C)CCC5(C)C)c3oc4ccc(C(C)(C)C)cc4c31)C(C)(C)CCC2(C)C. The van der Waals surface area contributed by atoms with Crippen molar-refractivity contribution < 1.29 is 4.42 Å². The molecule has 0 saturated carbocycles. The van der Waals surface area contributed by atoms with Crippen molar-refractivity contribution in [1.29, 1.82) is 0 Å². The van der Waals surface area contributed by atoms with Crippen LogP contribution in [-0.2, 0) is 43.3 Å². The van der Waals surface area contributed by atoms with Gasteiger partial charge in [0, 0.05) is 33.7 Å². The van der Waals surface area contributed by atoms with Crippen molar-refractivity contribution >= 4 is 68.4 Å². The first kappa shape index (κ1) is 50.3. The number of furan rings is 1. The number of anilines is 6. The summed E-state index contributed by atoms with van der Waals surface area (Å²) < 4.78 is 7.68. The predicted molar refractivity (Wildman–Crippen MR) is 324 cm³/mol. The van der Waals surface area contributed by atoms with E-state index in [-0.39, 0.29) is 50.0 Å². The van der Waals surface area contributed by atoms with Crippen LogP contribution in [0.25, 0.3) is 22.1 Å². The summed E-state index contributed by atoms with van der Waals surface area (Å²) in [6.07, 6.45) is 6.94. The first-order chi connectivity index (χ1) is 34.8. The van der Waals surface area contributed by atoms with Gasteiger partial charge >= 0.3 is 0 Å². The van der Waals surface area contributed by atoms with Crippen molar-refractivity contribution in [3.8, 4) is 11.1 Å². The van der Waals surface area contributed by atoms with Crippen LogP contribution in [-0.4, -0.2) is 6.71 Å². The predicted octanol–water partition coefficient (Wildman–Crippen LogP) is 18.1. The summed E-state index contributed by atoms with van der Waals surface area (Å²) in [6, 6.07) is 39.4. The average molecular weight is 993 g/mol. The van der Waals surface area contributed by atoms with Crippen LogP contribution >= 0.6 is 0 Å². The third-order valence-corrected chi connectivity index (χ3v) is 20.1. The molecule has 0 unspecified atom stereocenters. The number of aryl methyl sites for hydroxylation is 1. The summed E-state index contributed by atoms with van der Waals surface area (Å²) in [4.78, 5) is 5.48. The second-order valence-electron chi connectivity index (χ2n) is 30.3. The summed E-state index contributed by atoms with van der Waals surface area (Å²) in [5, 5.41) is 1.19. The lowest BCUT2D eigenvalue weighted by atomic mass is 9.35. The van der Waals surface area contributed by atoms with Gasteiger partial charge in [-0.1, -0.05) is 173 Å². The second kappa shape index (κ2) is 15.8. The molecular formula is C71H85BN2O. The van der Waals surface area contributed by atoms with E-state index in [4.69, 9.17) is 4.42 Å². The Morgan fingerprint density at radius 1 is 0.440 bits per heavy atom. The molecule has 3 nitrogen and oxygen atoms in total. The highest BCUT2D eigenvalue weighted by atomic mass is 16.3. The molecule has 2 aliphatic heterocycles. The lowest BCUT2D eigenvalue weighted by molar-refractivity contribution is 0.332. The molecule has 0 radical (unpaired) electrons. The Bertz CT molecular complexity index is 3540. The molecule has 4 heteroatoms. The van der Waals surface area contributed by atoms with E-state index >= 15 is 0 Å². The third kappa shape index (κ3) is 7.54. The minimum absolute atomic E-state index is 0.000378. The van der Waals surface area contributed by atoms with E-state index in [9.17, 15) is 0 Å². The first-order valence-electron chi connectivity index (χ1n) is 28.8. The zero-order chi connectivity index (χ0) is 53.7.